The summed E-state index contributed by atoms with van der Waals surface area (Å²) in [6.07, 6.45) is -5.19. The van der Waals surface area contributed by atoms with Gasteiger partial charge in [-0.3, -0.25) is 4.79 Å². The van der Waals surface area contributed by atoms with E-state index in [0.717, 1.165) is 4.90 Å². The largest absolute Gasteiger partial charge is 0.479 e. The fourth-order valence-corrected chi connectivity index (χ4v) is 1.15. The number of hydrogen-bond donors (Lipinski definition) is 3. The number of alkyl halides is 3. The Hall–Kier alpha value is -2.00. The van der Waals surface area contributed by atoms with Crippen molar-refractivity contribution in [3.63, 3.8) is 0 Å². The quantitative estimate of drug-likeness (QED) is 0.689. The summed E-state index contributed by atoms with van der Waals surface area (Å²) in [5.41, 5.74) is -3.45. The highest BCUT2D eigenvalue weighted by atomic mass is 19.4. The maximum atomic E-state index is 12.6. The summed E-state index contributed by atoms with van der Waals surface area (Å²) in [7, 11) is 2.80. The van der Waals surface area contributed by atoms with Crippen molar-refractivity contribution in [2.24, 2.45) is 0 Å². The molecule has 0 aromatic heterocycles. The first-order valence-electron chi connectivity index (χ1n) is 5.43. The van der Waals surface area contributed by atoms with Gasteiger partial charge in [0.1, 0.15) is 6.04 Å². The monoisotopic (exact) mass is 299 g/mol. The number of likely N-dealkylation sites (N-methyl/N-ethyl adjacent to an activating group) is 1. The molecule has 0 aliphatic carbocycles. The van der Waals surface area contributed by atoms with Crippen molar-refractivity contribution < 1.29 is 32.7 Å². The average molecular weight is 299 g/mol. The topological polar surface area (TPSA) is 98.7 Å². The lowest BCUT2D eigenvalue weighted by Gasteiger charge is -2.29. The fraction of sp³-hybridized carbons (Fsp3) is 0.700. The van der Waals surface area contributed by atoms with Crippen LogP contribution >= 0.6 is 0 Å². The minimum atomic E-state index is -5.19. The Labute approximate surface area is 113 Å². The van der Waals surface area contributed by atoms with Gasteiger partial charge in [-0.05, 0) is 13.8 Å². The van der Waals surface area contributed by atoms with Crippen LogP contribution in [0.4, 0.5) is 18.0 Å². The average Bonchev–Trinajstić information content (AvgIpc) is 2.25. The predicted octanol–water partition coefficient (Wildman–Crippen LogP) is 0.168. The van der Waals surface area contributed by atoms with E-state index in [1.165, 1.54) is 26.3 Å². The van der Waals surface area contributed by atoms with Gasteiger partial charge in [0.25, 0.3) is 0 Å². The number of carbonyl (C=O) groups is 3. The van der Waals surface area contributed by atoms with Crippen LogP contribution in [-0.2, 0) is 9.59 Å². The van der Waals surface area contributed by atoms with Crippen molar-refractivity contribution in [2.45, 2.75) is 31.6 Å². The number of carboxylic acid groups (broad SMARTS) is 1. The zero-order valence-corrected chi connectivity index (χ0v) is 11.3. The van der Waals surface area contributed by atoms with Gasteiger partial charge in [0.2, 0.25) is 11.4 Å². The Morgan fingerprint density at radius 1 is 1.20 bits per heavy atom. The van der Waals surface area contributed by atoms with Crippen molar-refractivity contribution in [3.05, 3.63) is 0 Å². The molecule has 0 saturated carbocycles. The zero-order valence-electron chi connectivity index (χ0n) is 11.3. The molecule has 0 spiro atoms. The summed E-state index contributed by atoms with van der Waals surface area (Å²) in [4.78, 5) is 34.6. The molecule has 0 radical (unpaired) electrons. The summed E-state index contributed by atoms with van der Waals surface area (Å²) < 4.78 is 37.9. The van der Waals surface area contributed by atoms with E-state index in [1.54, 1.807) is 0 Å². The van der Waals surface area contributed by atoms with Gasteiger partial charge < -0.3 is 20.6 Å². The first kappa shape index (κ1) is 18.0. The van der Waals surface area contributed by atoms with Gasteiger partial charge in [-0.25, -0.2) is 9.59 Å². The molecule has 2 atom stereocenters. The highest BCUT2D eigenvalue weighted by molar-refractivity contribution is 5.90. The fourth-order valence-electron chi connectivity index (χ4n) is 1.15. The molecule has 0 aliphatic heterocycles. The molecule has 7 nitrogen and oxygen atoms in total. The molecule has 0 heterocycles. The number of aliphatic carboxylic acids is 1. The molecule has 0 aliphatic rings. The highest BCUT2D eigenvalue weighted by Crippen LogP contribution is 2.30. The molecule has 20 heavy (non-hydrogen) atoms. The van der Waals surface area contributed by atoms with Crippen LogP contribution in [-0.4, -0.2) is 59.8 Å². The standard InChI is InChI=1S/C10H16F3N3O4/c1-5(6(17)16(3)4)14-8(20)15-9(2,7(18)19)10(11,12)13/h5H,1-4H3,(H,18,19)(H2,14,15,20). The summed E-state index contributed by atoms with van der Waals surface area (Å²) in [5, 5.41) is 11.9. The minimum Gasteiger partial charge on any atom is -0.479 e. The van der Waals surface area contributed by atoms with Gasteiger partial charge in [0.15, 0.2) is 0 Å². The van der Waals surface area contributed by atoms with Crippen molar-refractivity contribution >= 4 is 17.9 Å². The molecule has 3 amide bonds. The predicted molar refractivity (Wildman–Crippen MR) is 61.9 cm³/mol. The molecule has 0 rings (SSSR count). The molecular weight excluding hydrogens is 283 g/mol. The van der Waals surface area contributed by atoms with Crippen LogP contribution in [0, 0.1) is 0 Å². The van der Waals surface area contributed by atoms with Gasteiger partial charge >= 0.3 is 18.2 Å². The molecule has 116 valence electrons. The van der Waals surface area contributed by atoms with Gasteiger partial charge in [-0.2, -0.15) is 13.2 Å². The van der Waals surface area contributed by atoms with E-state index in [9.17, 15) is 27.6 Å². The zero-order chi connectivity index (χ0) is 16.3. The Kier molecular flexibility index (Phi) is 5.37. The SMILES string of the molecule is CC(NC(=O)NC(C)(C(=O)O)C(F)(F)F)C(=O)N(C)C. The molecular formula is C10H16F3N3O4. The third-order valence-corrected chi connectivity index (χ3v) is 2.52. The normalized spacial score (nSPS) is 15.8. The molecule has 2 unspecified atom stereocenters. The van der Waals surface area contributed by atoms with Crippen molar-refractivity contribution in [2.75, 3.05) is 14.1 Å². The first-order chi connectivity index (χ1) is 8.83. The minimum absolute atomic E-state index is 0.313. The van der Waals surface area contributed by atoms with E-state index in [-0.39, 0.29) is 0 Å². The molecule has 3 N–H and O–H groups in total. The molecule has 0 saturated heterocycles. The maximum Gasteiger partial charge on any atom is 0.422 e. The summed E-state index contributed by atoms with van der Waals surface area (Å²) in [6.45, 7) is 1.57. The number of hydrogen-bond acceptors (Lipinski definition) is 3. The molecule has 0 aromatic carbocycles. The number of halogens is 3. The van der Waals surface area contributed by atoms with E-state index in [4.69, 9.17) is 5.11 Å². The van der Waals surface area contributed by atoms with E-state index in [0.29, 0.717) is 6.92 Å². The lowest BCUT2D eigenvalue weighted by atomic mass is 10.0. The van der Waals surface area contributed by atoms with Crippen molar-refractivity contribution in [1.82, 2.24) is 15.5 Å². The number of carboxylic acids is 1. The number of amides is 3. The van der Waals surface area contributed by atoms with Crippen LogP contribution in [0.25, 0.3) is 0 Å². The van der Waals surface area contributed by atoms with Crippen LogP contribution in [0.3, 0.4) is 0 Å². The Balaban J connectivity index is 4.90. The van der Waals surface area contributed by atoms with Crippen LogP contribution < -0.4 is 10.6 Å². The molecule has 0 aromatic rings. The Bertz CT molecular complexity index is 411. The van der Waals surface area contributed by atoms with Gasteiger partial charge in [-0.1, -0.05) is 0 Å². The van der Waals surface area contributed by atoms with Crippen LogP contribution in [0.15, 0.2) is 0 Å². The van der Waals surface area contributed by atoms with Crippen molar-refractivity contribution in [3.8, 4) is 0 Å². The number of nitrogens with zero attached hydrogens (tertiary/aromatic N) is 1. The van der Waals surface area contributed by atoms with E-state index >= 15 is 0 Å². The first-order valence-corrected chi connectivity index (χ1v) is 5.43. The van der Waals surface area contributed by atoms with E-state index in [2.05, 4.69) is 0 Å². The smallest absolute Gasteiger partial charge is 0.422 e. The summed E-state index contributed by atoms with van der Waals surface area (Å²) in [5.74, 6) is -2.81. The molecule has 10 heteroatoms. The van der Waals surface area contributed by atoms with Gasteiger partial charge in [0.05, 0.1) is 0 Å². The second kappa shape index (κ2) is 5.97. The Morgan fingerprint density at radius 3 is 1.95 bits per heavy atom. The second-order valence-electron chi connectivity index (χ2n) is 4.48. The van der Waals surface area contributed by atoms with Gasteiger partial charge in [-0.15, -0.1) is 0 Å². The number of urea groups is 1. The van der Waals surface area contributed by atoms with Crippen LogP contribution in [0.2, 0.25) is 0 Å². The number of rotatable bonds is 4. The summed E-state index contributed by atoms with van der Waals surface area (Å²) in [6, 6.07) is -2.51. The summed E-state index contributed by atoms with van der Waals surface area (Å²) >= 11 is 0. The highest BCUT2D eigenvalue weighted by Gasteiger charge is 2.58. The number of nitrogens with one attached hydrogen (secondary N) is 2. The molecule has 0 bridgehead atoms. The lowest BCUT2D eigenvalue weighted by molar-refractivity contribution is -0.203. The second-order valence-corrected chi connectivity index (χ2v) is 4.48. The Morgan fingerprint density at radius 2 is 1.65 bits per heavy atom. The maximum absolute atomic E-state index is 12.6. The lowest BCUT2D eigenvalue weighted by Crippen LogP contribution is -2.64. The van der Waals surface area contributed by atoms with Gasteiger partial charge in [0, 0.05) is 14.1 Å². The third kappa shape index (κ3) is 4.00. The van der Waals surface area contributed by atoms with E-state index in [1.807, 2.05) is 5.32 Å². The third-order valence-electron chi connectivity index (χ3n) is 2.52. The van der Waals surface area contributed by atoms with Crippen LogP contribution in [0.1, 0.15) is 13.8 Å². The van der Waals surface area contributed by atoms with Crippen LogP contribution in [0.5, 0.6) is 0 Å². The van der Waals surface area contributed by atoms with Crippen molar-refractivity contribution in [1.29, 1.82) is 0 Å². The van der Waals surface area contributed by atoms with E-state index < -0.39 is 35.7 Å². The number of carbonyl (C=O) groups excluding carboxylic acids is 2. The molecule has 0 fully saturated rings.